The van der Waals surface area contributed by atoms with Crippen LogP contribution in [0.3, 0.4) is 0 Å². The molecule has 0 spiro atoms. The third-order valence-corrected chi connectivity index (χ3v) is 4.93. The molecule has 0 heterocycles. The summed E-state index contributed by atoms with van der Waals surface area (Å²) in [6.07, 6.45) is 16.2. The topological polar surface area (TPSA) is 38.3 Å². The summed E-state index contributed by atoms with van der Waals surface area (Å²) in [5.74, 6) is 0.917. The Labute approximate surface area is 135 Å². The van der Waals surface area contributed by atoms with Gasteiger partial charge in [-0.25, -0.2) is 8.93 Å². The predicted molar refractivity (Wildman–Crippen MR) is 93.4 cm³/mol. The van der Waals surface area contributed by atoms with Crippen molar-refractivity contribution < 1.29 is 8.39 Å². The van der Waals surface area contributed by atoms with Crippen LogP contribution in [0.15, 0.2) is 0 Å². The van der Waals surface area contributed by atoms with Crippen LogP contribution in [0.2, 0.25) is 0 Å². The van der Waals surface area contributed by atoms with Gasteiger partial charge in [0.15, 0.2) is 0 Å². The third kappa shape index (κ3) is 16.3. The van der Waals surface area contributed by atoms with Crippen LogP contribution in [0.1, 0.15) is 90.9 Å². The minimum Gasteiger partial charge on any atom is -0.282 e. The van der Waals surface area contributed by atoms with Crippen LogP contribution in [0, 0.1) is 5.92 Å². The molecule has 0 rings (SSSR count). The molecule has 0 aromatic carbocycles. The van der Waals surface area contributed by atoms with E-state index in [-0.39, 0.29) is 0 Å². The van der Waals surface area contributed by atoms with Gasteiger partial charge in [-0.2, -0.15) is 0 Å². The van der Waals surface area contributed by atoms with Crippen LogP contribution in [-0.2, 0) is 15.4 Å². The van der Waals surface area contributed by atoms with Gasteiger partial charge in [-0.1, -0.05) is 84.5 Å². The molecule has 0 aromatic heterocycles. The van der Waals surface area contributed by atoms with E-state index in [1.807, 2.05) is 0 Å². The molecule has 0 aromatic rings. The Morgan fingerprint density at radius 1 is 0.905 bits per heavy atom. The fourth-order valence-corrected chi connectivity index (χ4v) is 2.88. The number of hydrogen-bond donors (Lipinski definition) is 1. The van der Waals surface area contributed by atoms with Crippen molar-refractivity contribution in [3.8, 4) is 0 Å². The van der Waals surface area contributed by atoms with Gasteiger partial charge in [-0.15, -0.1) is 0 Å². The molecule has 2 atom stereocenters. The highest BCUT2D eigenvalue weighted by Crippen LogP contribution is 2.15. The monoisotopic (exact) mass is 319 g/mol. The Hall–Kier alpha value is 0.0700. The van der Waals surface area contributed by atoms with Gasteiger partial charge < -0.3 is 0 Å². The molecule has 0 radical (unpaired) electrons. The normalized spacial score (nSPS) is 14.2. The fraction of sp³-hybridized carbons (Fsp3) is 1.00. The molecule has 0 fully saturated rings. The van der Waals surface area contributed by atoms with Gasteiger partial charge in [0.05, 0.1) is 7.11 Å². The smallest absolute Gasteiger partial charge is 0.234 e. The van der Waals surface area contributed by atoms with Crippen molar-refractivity contribution in [3.05, 3.63) is 0 Å². The van der Waals surface area contributed by atoms with Crippen molar-refractivity contribution in [1.82, 2.24) is 4.72 Å². The maximum absolute atomic E-state index is 10.9. The highest BCUT2D eigenvalue weighted by molar-refractivity contribution is 7.78. The summed E-state index contributed by atoms with van der Waals surface area (Å²) in [6, 6.07) is 0. The van der Waals surface area contributed by atoms with Crippen LogP contribution in [0.5, 0.6) is 0 Å². The van der Waals surface area contributed by atoms with Crippen molar-refractivity contribution in [2.24, 2.45) is 5.92 Å². The van der Waals surface area contributed by atoms with Crippen molar-refractivity contribution in [1.29, 1.82) is 0 Å². The molecular formula is C17H37NO2S. The molecule has 0 bridgehead atoms. The standard InChI is InChI=1S/C17H37NO2S/c1-4-17(2)15-13-11-9-7-5-6-8-10-12-14-16-18-21(19)20-3/h17-18H,4-16H2,1-3H3. The Kier molecular flexibility index (Phi) is 16.5. The van der Waals surface area contributed by atoms with E-state index < -0.39 is 11.3 Å². The molecule has 2 unspecified atom stereocenters. The number of rotatable bonds is 16. The van der Waals surface area contributed by atoms with Crippen LogP contribution < -0.4 is 4.72 Å². The first-order valence-corrected chi connectivity index (χ1v) is 9.98. The number of nitrogens with one attached hydrogen (secondary N) is 1. The largest absolute Gasteiger partial charge is 0.282 e. The Morgan fingerprint density at radius 2 is 1.38 bits per heavy atom. The summed E-state index contributed by atoms with van der Waals surface area (Å²) in [5.41, 5.74) is 0. The molecule has 0 saturated carbocycles. The summed E-state index contributed by atoms with van der Waals surface area (Å²) in [7, 11) is 1.45. The summed E-state index contributed by atoms with van der Waals surface area (Å²) in [5, 5.41) is 0. The lowest BCUT2D eigenvalue weighted by atomic mass is 9.99. The zero-order valence-electron chi connectivity index (χ0n) is 14.5. The van der Waals surface area contributed by atoms with Crippen molar-refractivity contribution in [3.63, 3.8) is 0 Å². The zero-order chi connectivity index (χ0) is 15.8. The van der Waals surface area contributed by atoms with Gasteiger partial charge in [0.2, 0.25) is 11.3 Å². The molecule has 3 nitrogen and oxygen atoms in total. The highest BCUT2D eigenvalue weighted by Gasteiger charge is 1.98. The maximum atomic E-state index is 10.9. The van der Waals surface area contributed by atoms with Crippen LogP contribution in [0.25, 0.3) is 0 Å². The van der Waals surface area contributed by atoms with Gasteiger partial charge in [0, 0.05) is 6.54 Å². The van der Waals surface area contributed by atoms with Crippen molar-refractivity contribution in [2.45, 2.75) is 90.9 Å². The average molecular weight is 320 g/mol. The molecule has 128 valence electrons. The summed E-state index contributed by atoms with van der Waals surface area (Å²) in [4.78, 5) is 0. The van der Waals surface area contributed by atoms with Gasteiger partial charge >= 0.3 is 0 Å². The number of unbranched alkanes of at least 4 members (excludes halogenated alkanes) is 9. The molecule has 4 heteroatoms. The van der Waals surface area contributed by atoms with E-state index in [0.29, 0.717) is 0 Å². The van der Waals surface area contributed by atoms with Crippen LogP contribution in [0.4, 0.5) is 0 Å². The second kappa shape index (κ2) is 16.4. The van der Waals surface area contributed by atoms with E-state index >= 15 is 0 Å². The molecule has 0 amide bonds. The van der Waals surface area contributed by atoms with Gasteiger partial charge in [-0.05, 0) is 12.3 Å². The lowest BCUT2D eigenvalue weighted by Crippen LogP contribution is -2.19. The van der Waals surface area contributed by atoms with E-state index in [1.54, 1.807) is 0 Å². The zero-order valence-corrected chi connectivity index (χ0v) is 15.3. The molecular weight excluding hydrogens is 282 g/mol. The third-order valence-electron chi connectivity index (χ3n) is 4.19. The quantitative estimate of drug-likeness (QED) is 0.400. The Morgan fingerprint density at radius 3 is 1.86 bits per heavy atom. The second-order valence-electron chi connectivity index (χ2n) is 6.13. The first-order chi connectivity index (χ1) is 10.2. The van der Waals surface area contributed by atoms with Crippen LogP contribution >= 0.6 is 0 Å². The molecule has 0 aliphatic rings. The maximum Gasteiger partial charge on any atom is 0.234 e. The van der Waals surface area contributed by atoms with E-state index in [1.165, 1.54) is 77.7 Å². The molecule has 0 aliphatic heterocycles. The number of hydrogen-bond acceptors (Lipinski definition) is 2. The Balaban J connectivity index is 3.04. The lowest BCUT2D eigenvalue weighted by molar-refractivity contribution is 0.435. The van der Waals surface area contributed by atoms with Crippen molar-refractivity contribution in [2.75, 3.05) is 13.7 Å². The summed E-state index contributed by atoms with van der Waals surface area (Å²) in [6.45, 7) is 5.44. The van der Waals surface area contributed by atoms with Gasteiger partial charge in [-0.3, -0.25) is 4.18 Å². The minimum atomic E-state index is -1.30. The molecule has 21 heavy (non-hydrogen) atoms. The first-order valence-electron chi connectivity index (χ1n) is 8.90. The van der Waals surface area contributed by atoms with E-state index in [4.69, 9.17) is 0 Å². The highest BCUT2D eigenvalue weighted by atomic mass is 32.2. The summed E-state index contributed by atoms with van der Waals surface area (Å²) < 4.78 is 18.4. The van der Waals surface area contributed by atoms with Gasteiger partial charge in [0.1, 0.15) is 0 Å². The molecule has 0 saturated heterocycles. The van der Waals surface area contributed by atoms with E-state index in [2.05, 4.69) is 22.8 Å². The van der Waals surface area contributed by atoms with Crippen molar-refractivity contribution >= 4 is 11.3 Å². The predicted octanol–water partition coefficient (Wildman–Crippen LogP) is 5.14. The van der Waals surface area contributed by atoms with Gasteiger partial charge in [0.25, 0.3) is 0 Å². The van der Waals surface area contributed by atoms with E-state index in [9.17, 15) is 4.21 Å². The molecule has 1 N–H and O–H groups in total. The SMILES string of the molecule is CCC(C)CCCCCCCCCCCCNS(=O)OC. The average Bonchev–Trinajstić information content (AvgIpc) is 2.51. The first kappa shape index (κ1) is 21.1. The van der Waals surface area contributed by atoms with E-state index in [0.717, 1.165) is 18.9 Å². The fourth-order valence-electron chi connectivity index (χ4n) is 2.45. The Bertz CT molecular complexity index is 237. The molecule has 0 aliphatic carbocycles. The summed E-state index contributed by atoms with van der Waals surface area (Å²) >= 11 is -1.30. The minimum absolute atomic E-state index is 0.788. The van der Waals surface area contributed by atoms with Crippen LogP contribution in [-0.4, -0.2) is 17.9 Å². The lowest BCUT2D eigenvalue weighted by Gasteiger charge is -2.07. The second-order valence-corrected chi connectivity index (χ2v) is 7.22.